The van der Waals surface area contributed by atoms with Crippen molar-refractivity contribution in [3.8, 4) is 0 Å². The summed E-state index contributed by atoms with van der Waals surface area (Å²) in [6.07, 6.45) is 0. The lowest BCUT2D eigenvalue weighted by molar-refractivity contribution is 0.0986. The predicted octanol–water partition coefficient (Wildman–Crippen LogP) is 5.24. The zero-order valence-corrected chi connectivity index (χ0v) is 13.6. The van der Waals surface area contributed by atoms with Gasteiger partial charge in [-0.3, -0.25) is 4.79 Å². The molecule has 1 N–H and O–H groups in total. The summed E-state index contributed by atoms with van der Waals surface area (Å²) in [6, 6.07) is 23.1. The van der Waals surface area contributed by atoms with Crippen molar-refractivity contribution >= 4 is 34.6 Å². The largest absolute Gasteiger partial charge is 0.353 e. The summed E-state index contributed by atoms with van der Waals surface area (Å²) in [6.45, 7) is 0.514. The molecule has 0 spiro atoms. The smallest absolute Gasteiger partial charge is 0.260 e. The minimum atomic E-state index is -0.0389. The van der Waals surface area contributed by atoms with Crippen LogP contribution in [0.5, 0.6) is 0 Å². The molecule has 3 aromatic carbocycles. The molecule has 0 aromatic heterocycles. The van der Waals surface area contributed by atoms with E-state index in [2.05, 4.69) is 5.32 Å². The van der Waals surface area contributed by atoms with E-state index < -0.39 is 0 Å². The lowest BCUT2D eigenvalue weighted by Gasteiger charge is -2.23. The van der Waals surface area contributed by atoms with E-state index in [9.17, 15) is 4.79 Å². The molecular formula is C20H15ClN2O. The van der Waals surface area contributed by atoms with Gasteiger partial charge in [-0.25, -0.2) is 0 Å². The third kappa shape index (κ3) is 2.63. The average molecular weight is 335 g/mol. The van der Waals surface area contributed by atoms with Gasteiger partial charge in [0.05, 0.1) is 29.2 Å². The van der Waals surface area contributed by atoms with Crippen molar-refractivity contribution in [3.05, 3.63) is 88.9 Å². The summed E-state index contributed by atoms with van der Waals surface area (Å²) in [5.41, 5.74) is 4.18. The van der Waals surface area contributed by atoms with Gasteiger partial charge >= 0.3 is 0 Å². The molecule has 0 unspecified atom stereocenters. The molecule has 0 atom stereocenters. The maximum absolute atomic E-state index is 13.2. The molecule has 0 saturated carbocycles. The van der Waals surface area contributed by atoms with Crippen LogP contribution < -0.4 is 10.2 Å². The van der Waals surface area contributed by atoms with Gasteiger partial charge in [-0.2, -0.15) is 0 Å². The molecule has 0 saturated heterocycles. The quantitative estimate of drug-likeness (QED) is 0.694. The third-order valence-electron chi connectivity index (χ3n) is 4.10. The highest BCUT2D eigenvalue weighted by Gasteiger charge is 2.26. The number of nitrogens with one attached hydrogen (secondary N) is 1. The number of benzene rings is 3. The number of fused-ring (bicyclic) bond motifs is 2. The molecule has 1 amide bonds. The van der Waals surface area contributed by atoms with Crippen LogP contribution in [0.3, 0.4) is 0 Å². The highest BCUT2D eigenvalue weighted by atomic mass is 35.5. The zero-order valence-electron chi connectivity index (χ0n) is 12.9. The number of nitrogens with zero attached hydrogens (tertiary/aromatic N) is 1. The molecule has 1 aliphatic heterocycles. The van der Waals surface area contributed by atoms with E-state index >= 15 is 0 Å². The van der Waals surface area contributed by atoms with Gasteiger partial charge in [0.25, 0.3) is 5.91 Å². The Labute approximate surface area is 145 Å². The van der Waals surface area contributed by atoms with E-state index in [0.717, 1.165) is 22.6 Å². The number of halogens is 1. The van der Waals surface area contributed by atoms with Crippen LogP contribution in [0.4, 0.5) is 17.1 Å². The van der Waals surface area contributed by atoms with Crippen molar-refractivity contribution in [2.24, 2.45) is 0 Å². The number of rotatable bonds is 2. The summed E-state index contributed by atoms with van der Waals surface area (Å²) in [4.78, 5) is 15.0. The van der Waals surface area contributed by atoms with Gasteiger partial charge < -0.3 is 10.2 Å². The molecule has 1 heterocycles. The summed E-state index contributed by atoms with van der Waals surface area (Å²) in [5, 5.41) is 3.94. The Balaban J connectivity index is 1.85. The number of hydrogen-bond donors (Lipinski definition) is 1. The van der Waals surface area contributed by atoms with E-state index in [1.807, 2.05) is 54.6 Å². The number of para-hydroxylation sites is 2. The fraction of sp³-hybridized carbons (Fsp3) is 0.0500. The Bertz CT molecular complexity index is 909. The molecule has 0 fully saturated rings. The molecule has 1 aliphatic rings. The van der Waals surface area contributed by atoms with Crippen LogP contribution in [0, 0.1) is 0 Å². The van der Waals surface area contributed by atoms with Gasteiger partial charge in [-0.15, -0.1) is 0 Å². The molecule has 0 bridgehead atoms. The van der Waals surface area contributed by atoms with E-state index in [0.29, 0.717) is 17.1 Å². The normalized spacial score (nSPS) is 12.9. The van der Waals surface area contributed by atoms with Crippen LogP contribution in [-0.4, -0.2) is 5.91 Å². The topological polar surface area (TPSA) is 32.3 Å². The number of hydrogen-bond acceptors (Lipinski definition) is 2. The summed E-state index contributed by atoms with van der Waals surface area (Å²) < 4.78 is 0. The van der Waals surface area contributed by atoms with Gasteiger partial charge in [0.15, 0.2) is 0 Å². The van der Waals surface area contributed by atoms with E-state index in [1.54, 1.807) is 23.1 Å². The molecule has 3 nitrogen and oxygen atoms in total. The first-order chi connectivity index (χ1) is 11.7. The van der Waals surface area contributed by atoms with Crippen molar-refractivity contribution in [2.45, 2.75) is 6.54 Å². The van der Waals surface area contributed by atoms with Gasteiger partial charge in [-0.05, 0) is 35.9 Å². The van der Waals surface area contributed by atoms with Crippen LogP contribution in [0.2, 0.25) is 5.02 Å². The third-order valence-corrected chi connectivity index (χ3v) is 4.34. The molecule has 24 heavy (non-hydrogen) atoms. The van der Waals surface area contributed by atoms with Gasteiger partial charge in [-0.1, -0.05) is 54.1 Å². The Morgan fingerprint density at radius 3 is 2.46 bits per heavy atom. The second-order valence-corrected chi connectivity index (χ2v) is 6.15. The predicted molar refractivity (Wildman–Crippen MR) is 98.1 cm³/mol. The monoisotopic (exact) mass is 334 g/mol. The summed E-state index contributed by atoms with van der Waals surface area (Å²) in [7, 11) is 0. The maximum Gasteiger partial charge on any atom is 0.260 e. The van der Waals surface area contributed by atoms with Crippen LogP contribution in [0.25, 0.3) is 0 Å². The first-order valence-corrected chi connectivity index (χ1v) is 8.11. The van der Waals surface area contributed by atoms with Crippen LogP contribution in [0.15, 0.2) is 72.8 Å². The maximum atomic E-state index is 13.2. The van der Waals surface area contributed by atoms with Gasteiger partial charge in [0.2, 0.25) is 0 Å². The van der Waals surface area contributed by atoms with Crippen LogP contribution in [-0.2, 0) is 6.54 Å². The van der Waals surface area contributed by atoms with Crippen molar-refractivity contribution in [3.63, 3.8) is 0 Å². The minimum Gasteiger partial charge on any atom is -0.353 e. The molecule has 118 valence electrons. The van der Waals surface area contributed by atoms with Crippen molar-refractivity contribution in [1.82, 2.24) is 0 Å². The first kappa shape index (κ1) is 14.8. The Morgan fingerprint density at radius 2 is 1.62 bits per heavy atom. The fourth-order valence-electron chi connectivity index (χ4n) is 2.94. The van der Waals surface area contributed by atoms with Gasteiger partial charge in [0, 0.05) is 5.02 Å². The Kier molecular flexibility index (Phi) is 3.71. The Hall–Kier alpha value is -2.78. The SMILES string of the molecule is O=C1c2ccc(Cl)cc2Nc2ccccc2N1Cc1ccccc1. The first-order valence-electron chi connectivity index (χ1n) is 7.74. The summed E-state index contributed by atoms with van der Waals surface area (Å²) >= 11 is 6.11. The van der Waals surface area contributed by atoms with E-state index in [-0.39, 0.29) is 5.91 Å². The highest BCUT2D eigenvalue weighted by Crippen LogP contribution is 2.37. The number of carbonyl (C=O) groups excluding carboxylic acids is 1. The van der Waals surface area contributed by atoms with Crippen molar-refractivity contribution in [2.75, 3.05) is 10.2 Å². The highest BCUT2D eigenvalue weighted by molar-refractivity contribution is 6.31. The number of amides is 1. The van der Waals surface area contributed by atoms with Crippen LogP contribution in [0.1, 0.15) is 15.9 Å². The molecular weight excluding hydrogens is 320 g/mol. The fourth-order valence-corrected chi connectivity index (χ4v) is 3.12. The Morgan fingerprint density at radius 1 is 0.875 bits per heavy atom. The number of carbonyl (C=O) groups is 1. The molecule has 4 heteroatoms. The molecule has 0 aliphatic carbocycles. The van der Waals surface area contributed by atoms with Crippen molar-refractivity contribution in [1.29, 1.82) is 0 Å². The van der Waals surface area contributed by atoms with Crippen molar-refractivity contribution < 1.29 is 4.79 Å². The second-order valence-electron chi connectivity index (χ2n) is 5.71. The van der Waals surface area contributed by atoms with Crippen LogP contribution >= 0.6 is 11.6 Å². The van der Waals surface area contributed by atoms with E-state index in [1.165, 1.54) is 0 Å². The standard InChI is InChI=1S/C20H15ClN2O/c21-15-10-11-16-18(12-15)22-17-8-4-5-9-19(17)23(20(16)24)13-14-6-2-1-3-7-14/h1-12,22H,13H2. The molecule has 3 aromatic rings. The minimum absolute atomic E-state index is 0.0389. The lowest BCUT2D eigenvalue weighted by atomic mass is 10.1. The van der Waals surface area contributed by atoms with Gasteiger partial charge in [0.1, 0.15) is 0 Å². The summed E-state index contributed by atoms with van der Waals surface area (Å²) in [5.74, 6) is -0.0389. The number of anilines is 3. The zero-order chi connectivity index (χ0) is 16.5. The van der Waals surface area contributed by atoms with E-state index in [4.69, 9.17) is 11.6 Å². The lowest BCUT2D eigenvalue weighted by Crippen LogP contribution is -2.29. The molecule has 0 radical (unpaired) electrons. The average Bonchev–Trinajstić information content (AvgIpc) is 2.71. The second kappa shape index (κ2) is 6.02. The molecule has 4 rings (SSSR count).